The van der Waals surface area contributed by atoms with E-state index in [0.717, 1.165) is 6.42 Å². The summed E-state index contributed by atoms with van der Waals surface area (Å²) in [6.07, 6.45) is 12.3. The summed E-state index contributed by atoms with van der Waals surface area (Å²) in [7, 11) is 0. The largest absolute Gasteiger partial charge is 0.157 e. The SMILES string of the molecule is [CH2]CCCCCCCCCCSCc1ccccc1. The number of unbranched alkanes of at least 4 members (excludes halogenated alkanes) is 8. The molecule has 0 fully saturated rings. The lowest BCUT2D eigenvalue weighted by Crippen LogP contribution is -1.85. The van der Waals surface area contributed by atoms with E-state index in [0.29, 0.717) is 0 Å². The van der Waals surface area contributed by atoms with E-state index in [-0.39, 0.29) is 0 Å². The molecule has 0 nitrogen and oxygen atoms in total. The molecule has 19 heavy (non-hydrogen) atoms. The quantitative estimate of drug-likeness (QED) is 0.406. The summed E-state index contributed by atoms with van der Waals surface area (Å²) in [6, 6.07) is 10.8. The molecule has 1 rings (SSSR count). The first-order valence-corrected chi connectivity index (χ1v) is 9.00. The Balaban J connectivity index is 1.79. The molecular formula is C18H29S. The molecule has 0 aromatic heterocycles. The van der Waals surface area contributed by atoms with Crippen LogP contribution in [-0.2, 0) is 5.75 Å². The summed E-state index contributed by atoms with van der Waals surface area (Å²) in [5, 5.41) is 0. The zero-order valence-electron chi connectivity index (χ0n) is 12.3. The molecule has 0 aliphatic rings. The molecule has 0 heterocycles. The number of hydrogen-bond acceptors (Lipinski definition) is 1. The Morgan fingerprint density at radius 1 is 0.737 bits per heavy atom. The van der Waals surface area contributed by atoms with Crippen LogP contribution < -0.4 is 0 Å². The van der Waals surface area contributed by atoms with Crippen molar-refractivity contribution in [3.63, 3.8) is 0 Å². The summed E-state index contributed by atoms with van der Waals surface area (Å²) < 4.78 is 0. The molecule has 0 aliphatic heterocycles. The Morgan fingerprint density at radius 3 is 1.95 bits per heavy atom. The molecule has 0 atom stereocenters. The second-order valence-corrected chi connectivity index (χ2v) is 6.33. The smallest absolute Gasteiger partial charge is 0.0184 e. The third kappa shape index (κ3) is 10.1. The summed E-state index contributed by atoms with van der Waals surface area (Å²) in [6.45, 7) is 3.88. The Kier molecular flexibility index (Phi) is 11.0. The molecule has 0 spiro atoms. The van der Waals surface area contributed by atoms with Crippen LogP contribution in [0.4, 0.5) is 0 Å². The van der Waals surface area contributed by atoms with E-state index in [2.05, 4.69) is 49.0 Å². The van der Waals surface area contributed by atoms with E-state index in [9.17, 15) is 0 Å². The maximum atomic E-state index is 3.88. The maximum Gasteiger partial charge on any atom is 0.0184 e. The van der Waals surface area contributed by atoms with Gasteiger partial charge < -0.3 is 0 Å². The molecule has 0 aliphatic carbocycles. The van der Waals surface area contributed by atoms with Crippen molar-refractivity contribution in [2.45, 2.75) is 63.5 Å². The number of thioether (sulfide) groups is 1. The number of hydrogen-bond donors (Lipinski definition) is 0. The van der Waals surface area contributed by atoms with E-state index in [1.807, 2.05) is 0 Å². The van der Waals surface area contributed by atoms with Gasteiger partial charge >= 0.3 is 0 Å². The first kappa shape index (κ1) is 16.6. The zero-order valence-corrected chi connectivity index (χ0v) is 13.1. The molecule has 0 unspecified atom stereocenters. The Hall–Kier alpha value is -0.430. The van der Waals surface area contributed by atoms with Crippen molar-refractivity contribution in [1.82, 2.24) is 0 Å². The molecule has 1 heteroatoms. The standard InChI is InChI=1S/C18H29S/c1-2-3-4-5-6-7-8-9-13-16-19-17-18-14-11-10-12-15-18/h10-12,14-15H,1-9,13,16-17H2. The monoisotopic (exact) mass is 277 g/mol. The molecule has 0 N–H and O–H groups in total. The fourth-order valence-electron chi connectivity index (χ4n) is 2.21. The van der Waals surface area contributed by atoms with E-state index >= 15 is 0 Å². The molecule has 0 saturated heterocycles. The summed E-state index contributed by atoms with van der Waals surface area (Å²) in [4.78, 5) is 0. The van der Waals surface area contributed by atoms with Crippen LogP contribution in [0.1, 0.15) is 63.4 Å². The third-order valence-electron chi connectivity index (χ3n) is 3.40. The van der Waals surface area contributed by atoms with Gasteiger partial charge in [-0.1, -0.05) is 88.6 Å². The number of rotatable bonds is 12. The van der Waals surface area contributed by atoms with Gasteiger partial charge in [0.25, 0.3) is 0 Å². The minimum absolute atomic E-state index is 1.11. The first-order chi connectivity index (χ1) is 9.43. The van der Waals surface area contributed by atoms with Gasteiger partial charge in [0.15, 0.2) is 0 Å². The average Bonchev–Trinajstić information content (AvgIpc) is 2.46. The predicted octanol–water partition coefficient (Wildman–Crippen LogP) is 6.26. The highest BCUT2D eigenvalue weighted by molar-refractivity contribution is 7.98. The lowest BCUT2D eigenvalue weighted by molar-refractivity contribution is 0.578. The van der Waals surface area contributed by atoms with Crippen LogP contribution in [0.5, 0.6) is 0 Å². The van der Waals surface area contributed by atoms with Crippen molar-refractivity contribution < 1.29 is 0 Å². The highest BCUT2D eigenvalue weighted by Crippen LogP contribution is 2.15. The van der Waals surface area contributed by atoms with Gasteiger partial charge in [-0.25, -0.2) is 0 Å². The van der Waals surface area contributed by atoms with Gasteiger partial charge in [-0.3, -0.25) is 0 Å². The average molecular weight is 277 g/mol. The summed E-state index contributed by atoms with van der Waals surface area (Å²) in [5.74, 6) is 2.49. The normalized spacial score (nSPS) is 10.8. The van der Waals surface area contributed by atoms with Crippen molar-refractivity contribution in [2.24, 2.45) is 0 Å². The van der Waals surface area contributed by atoms with Crippen molar-refractivity contribution >= 4 is 11.8 Å². The van der Waals surface area contributed by atoms with Gasteiger partial charge in [0, 0.05) is 5.75 Å². The van der Waals surface area contributed by atoms with Gasteiger partial charge in [-0.2, -0.15) is 11.8 Å². The fraction of sp³-hybridized carbons (Fsp3) is 0.611. The van der Waals surface area contributed by atoms with E-state index in [1.165, 1.54) is 68.4 Å². The van der Waals surface area contributed by atoms with Gasteiger partial charge in [0.2, 0.25) is 0 Å². The molecule has 1 aromatic carbocycles. The zero-order chi connectivity index (χ0) is 13.6. The van der Waals surface area contributed by atoms with Crippen LogP contribution in [0.2, 0.25) is 0 Å². The van der Waals surface area contributed by atoms with Crippen LogP contribution in [0, 0.1) is 6.92 Å². The molecule has 0 amide bonds. The van der Waals surface area contributed by atoms with Crippen molar-refractivity contribution in [1.29, 1.82) is 0 Å². The molecule has 1 aromatic rings. The Morgan fingerprint density at radius 2 is 1.32 bits per heavy atom. The maximum absolute atomic E-state index is 3.88. The summed E-state index contributed by atoms with van der Waals surface area (Å²) >= 11 is 2.07. The van der Waals surface area contributed by atoms with E-state index in [4.69, 9.17) is 0 Å². The highest BCUT2D eigenvalue weighted by atomic mass is 32.2. The van der Waals surface area contributed by atoms with Crippen molar-refractivity contribution in [2.75, 3.05) is 5.75 Å². The second-order valence-electron chi connectivity index (χ2n) is 5.22. The van der Waals surface area contributed by atoms with E-state index in [1.54, 1.807) is 0 Å². The third-order valence-corrected chi connectivity index (χ3v) is 4.52. The molecular weight excluding hydrogens is 248 g/mol. The lowest BCUT2D eigenvalue weighted by atomic mass is 10.1. The van der Waals surface area contributed by atoms with Crippen molar-refractivity contribution in [3.05, 3.63) is 42.8 Å². The molecule has 0 bridgehead atoms. The van der Waals surface area contributed by atoms with Crippen molar-refractivity contribution in [3.8, 4) is 0 Å². The Labute approximate surface area is 124 Å². The van der Waals surface area contributed by atoms with Gasteiger partial charge in [0.05, 0.1) is 0 Å². The fourth-order valence-corrected chi connectivity index (χ4v) is 3.19. The lowest BCUT2D eigenvalue weighted by Gasteiger charge is -2.03. The molecule has 107 valence electrons. The van der Waals surface area contributed by atoms with Crippen LogP contribution in [0.3, 0.4) is 0 Å². The minimum atomic E-state index is 1.11. The van der Waals surface area contributed by atoms with Crippen LogP contribution >= 0.6 is 11.8 Å². The van der Waals surface area contributed by atoms with Crippen LogP contribution in [0.25, 0.3) is 0 Å². The van der Waals surface area contributed by atoms with Gasteiger partial charge in [0.1, 0.15) is 0 Å². The highest BCUT2D eigenvalue weighted by Gasteiger charge is 1.94. The second kappa shape index (κ2) is 12.6. The topological polar surface area (TPSA) is 0 Å². The first-order valence-electron chi connectivity index (χ1n) is 7.84. The number of benzene rings is 1. The molecule has 1 radical (unpaired) electrons. The van der Waals surface area contributed by atoms with Crippen LogP contribution in [-0.4, -0.2) is 5.75 Å². The van der Waals surface area contributed by atoms with Gasteiger partial charge in [-0.05, 0) is 17.7 Å². The summed E-state index contributed by atoms with van der Waals surface area (Å²) in [5.41, 5.74) is 1.46. The predicted molar refractivity (Wildman–Crippen MR) is 89.5 cm³/mol. The van der Waals surface area contributed by atoms with Crippen LogP contribution in [0.15, 0.2) is 30.3 Å². The molecule has 0 saturated carbocycles. The minimum Gasteiger partial charge on any atom is -0.157 e. The van der Waals surface area contributed by atoms with Gasteiger partial charge in [-0.15, -0.1) is 0 Å². The Bertz CT molecular complexity index is 281. The van der Waals surface area contributed by atoms with E-state index < -0.39 is 0 Å².